The number of para-hydroxylation sites is 1. The Morgan fingerprint density at radius 2 is 2.13 bits per heavy atom. The van der Waals surface area contributed by atoms with Crippen LogP contribution in [0.1, 0.15) is 15.9 Å². The molecule has 0 unspecified atom stereocenters. The van der Waals surface area contributed by atoms with E-state index < -0.39 is 0 Å². The van der Waals surface area contributed by atoms with E-state index in [1.807, 2.05) is 31.2 Å². The summed E-state index contributed by atoms with van der Waals surface area (Å²) in [5.74, 6) is 0. The topological polar surface area (TPSA) is 34.9 Å². The van der Waals surface area contributed by atoms with Crippen molar-refractivity contribution in [2.24, 2.45) is 0 Å². The fourth-order valence-electron chi connectivity index (χ4n) is 1.39. The fourth-order valence-corrected chi connectivity index (χ4v) is 1.87. The van der Waals surface area contributed by atoms with Gasteiger partial charge in [0.15, 0.2) is 6.29 Å². The maximum atomic E-state index is 10.7. The number of hydrogen-bond acceptors (Lipinski definition) is 2. The van der Waals surface area contributed by atoms with Gasteiger partial charge in [0.2, 0.25) is 0 Å². The van der Waals surface area contributed by atoms with Gasteiger partial charge in [-0.2, -0.15) is 5.10 Å². The maximum absolute atomic E-state index is 10.7. The first-order chi connectivity index (χ1) is 7.24. The Labute approximate surface area is 95.9 Å². The van der Waals surface area contributed by atoms with Gasteiger partial charge in [-0.15, -0.1) is 0 Å². The van der Waals surface area contributed by atoms with Crippen molar-refractivity contribution in [3.8, 4) is 5.69 Å². The maximum Gasteiger partial charge on any atom is 0.154 e. The molecule has 1 aromatic carbocycles. The van der Waals surface area contributed by atoms with E-state index in [9.17, 15) is 4.79 Å². The Balaban J connectivity index is 2.59. The molecule has 0 saturated heterocycles. The third kappa shape index (κ3) is 1.72. The number of carbonyl (C=O) groups is 1. The van der Waals surface area contributed by atoms with E-state index in [2.05, 4.69) is 21.0 Å². The van der Waals surface area contributed by atoms with Crippen molar-refractivity contribution in [3.63, 3.8) is 0 Å². The molecule has 2 rings (SSSR count). The number of carbonyl (C=O) groups excluding carboxylic acids is 1. The van der Waals surface area contributed by atoms with E-state index in [1.54, 1.807) is 10.9 Å². The zero-order valence-corrected chi connectivity index (χ0v) is 9.73. The molecule has 0 spiro atoms. The van der Waals surface area contributed by atoms with Crippen LogP contribution in [0.5, 0.6) is 0 Å². The lowest BCUT2D eigenvalue weighted by Gasteiger charge is -2.06. The van der Waals surface area contributed by atoms with E-state index in [0.717, 1.165) is 17.5 Å². The van der Waals surface area contributed by atoms with Gasteiger partial charge >= 0.3 is 0 Å². The van der Waals surface area contributed by atoms with Gasteiger partial charge in [-0.1, -0.05) is 18.2 Å². The van der Waals surface area contributed by atoms with E-state index in [-0.39, 0.29) is 0 Å². The van der Waals surface area contributed by atoms with Crippen LogP contribution < -0.4 is 0 Å². The Bertz CT molecular complexity index is 505. The summed E-state index contributed by atoms with van der Waals surface area (Å²) >= 11 is 3.35. The van der Waals surface area contributed by atoms with Crippen molar-refractivity contribution in [1.29, 1.82) is 0 Å². The van der Waals surface area contributed by atoms with Crippen LogP contribution in [0.4, 0.5) is 0 Å². The van der Waals surface area contributed by atoms with Crippen molar-refractivity contribution in [2.75, 3.05) is 0 Å². The number of aromatic nitrogens is 2. The van der Waals surface area contributed by atoms with E-state index in [1.165, 1.54) is 0 Å². The van der Waals surface area contributed by atoms with Crippen molar-refractivity contribution < 1.29 is 4.79 Å². The van der Waals surface area contributed by atoms with E-state index in [4.69, 9.17) is 0 Å². The highest BCUT2D eigenvalue weighted by atomic mass is 79.9. The Kier molecular flexibility index (Phi) is 2.68. The first-order valence-electron chi connectivity index (χ1n) is 4.48. The quantitative estimate of drug-likeness (QED) is 0.782. The number of hydrogen-bond donors (Lipinski definition) is 0. The van der Waals surface area contributed by atoms with Gasteiger partial charge in [0, 0.05) is 0 Å². The van der Waals surface area contributed by atoms with Crippen LogP contribution in [0, 0.1) is 6.92 Å². The van der Waals surface area contributed by atoms with Gasteiger partial charge in [-0.05, 0) is 34.5 Å². The fraction of sp³-hybridized carbons (Fsp3) is 0.0909. The molecule has 1 aromatic heterocycles. The summed E-state index contributed by atoms with van der Waals surface area (Å²) in [5.41, 5.74) is 2.63. The lowest BCUT2D eigenvalue weighted by molar-refractivity contribution is 0.112. The number of benzene rings is 1. The third-order valence-electron chi connectivity index (χ3n) is 2.21. The molecular weight excluding hydrogens is 256 g/mol. The number of aldehydes is 1. The Hall–Kier alpha value is -1.42. The summed E-state index contributed by atoms with van der Waals surface area (Å²) in [6.45, 7) is 2.00. The van der Waals surface area contributed by atoms with Crippen LogP contribution in [0.3, 0.4) is 0 Å². The predicted molar refractivity (Wildman–Crippen MR) is 61.4 cm³/mol. The normalized spacial score (nSPS) is 10.3. The van der Waals surface area contributed by atoms with Crippen LogP contribution in [-0.2, 0) is 0 Å². The second-order valence-electron chi connectivity index (χ2n) is 3.21. The van der Waals surface area contributed by atoms with Crippen molar-refractivity contribution >= 4 is 22.2 Å². The monoisotopic (exact) mass is 264 g/mol. The molecule has 1 heterocycles. The molecule has 2 aromatic rings. The summed E-state index contributed by atoms with van der Waals surface area (Å²) in [6, 6.07) is 7.87. The number of nitrogens with zero attached hydrogens (tertiary/aromatic N) is 2. The van der Waals surface area contributed by atoms with Gasteiger partial charge in [0.25, 0.3) is 0 Å². The van der Waals surface area contributed by atoms with Crippen LogP contribution >= 0.6 is 15.9 Å². The highest BCUT2D eigenvalue weighted by molar-refractivity contribution is 9.10. The molecule has 76 valence electrons. The first-order valence-corrected chi connectivity index (χ1v) is 5.28. The molecule has 0 atom stereocenters. The van der Waals surface area contributed by atoms with E-state index in [0.29, 0.717) is 10.2 Å². The minimum atomic E-state index is 0.554. The van der Waals surface area contributed by atoms with Crippen molar-refractivity contribution in [1.82, 2.24) is 9.78 Å². The van der Waals surface area contributed by atoms with Crippen LogP contribution in [-0.4, -0.2) is 16.1 Å². The number of rotatable bonds is 2. The summed E-state index contributed by atoms with van der Waals surface area (Å²) in [4.78, 5) is 10.7. The minimum absolute atomic E-state index is 0.554. The second-order valence-corrected chi connectivity index (χ2v) is 3.96. The lowest BCUT2D eigenvalue weighted by Crippen LogP contribution is -1.99. The summed E-state index contributed by atoms with van der Waals surface area (Å²) < 4.78 is 2.39. The zero-order chi connectivity index (χ0) is 10.8. The van der Waals surface area contributed by atoms with Gasteiger partial charge in [0.05, 0.1) is 17.4 Å². The SMILES string of the molecule is Cc1ccccc1-n1ncc(C=O)c1Br. The smallest absolute Gasteiger partial charge is 0.154 e. The summed E-state index contributed by atoms with van der Waals surface area (Å²) in [5, 5.41) is 4.16. The molecule has 0 amide bonds. The predicted octanol–water partition coefficient (Wildman–Crippen LogP) is 2.76. The zero-order valence-electron chi connectivity index (χ0n) is 8.14. The van der Waals surface area contributed by atoms with Crippen molar-refractivity contribution in [2.45, 2.75) is 6.92 Å². The van der Waals surface area contributed by atoms with Crippen LogP contribution in [0.15, 0.2) is 35.1 Å². The Morgan fingerprint density at radius 3 is 2.73 bits per heavy atom. The molecule has 4 heteroatoms. The Morgan fingerprint density at radius 1 is 1.40 bits per heavy atom. The highest BCUT2D eigenvalue weighted by Crippen LogP contribution is 2.21. The lowest BCUT2D eigenvalue weighted by atomic mass is 10.2. The highest BCUT2D eigenvalue weighted by Gasteiger charge is 2.09. The minimum Gasteiger partial charge on any atom is -0.298 e. The van der Waals surface area contributed by atoms with E-state index >= 15 is 0 Å². The largest absolute Gasteiger partial charge is 0.298 e. The molecule has 0 fully saturated rings. The first kappa shape index (κ1) is 10.1. The number of aryl methyl sites for hydroxylation is 1. The molecule has 0 radical (unpaired) electrons. The molecule has 3 nitrogen and oxygen atoms in total. The average Bonchev–Trinajstić information content (AvgIpc) is 2.60. The van der Waals surface area contributed by atoms with Crippen LogP contribution in [0.2, 0.25) is 0 Å². The molecule has 0 N–H and O–H groups in total. The third-order valence-corrected chi connectivity index (χ3v) is 3.00. The summed E-state index contributed by atoms with van der Waals surface area (Å²) in [6.07, 6.45) is 2.33. The van der Waals surface area contributed by atoms with Crippen LogP contribution in [0.25, 0.3) is 5.69 Å². The molecule has 0 saturated carbocycles. The number of halogens is 1. The molecular formula is C11H9BrN2O. The average molecular weight is 265 g/mol. The second kappa shape index (κ2) is 3.98. The summed E-state index contributed by atoms with van der Waals surface area (Å²) in [7, 11) is 0. The molecule has 15 heavy (non-hydrogen) atoms. The standard InChI is InChI=1S/C11H9BrN2O/c1-8-4-2-3-5-10(8)14-11(12)9(7-15)6-13-14/h2-7H,1H3. The molecule has 0 bridgehead atoms. The van der Waals surface area contributed by atoms with Gasteiger partial charge in [0.1, 0.15) is 4.60 Å². The van der Waals surface area contributed by atoms with Gasteiger partial charge < -0.3 is 0 Å². The van der Waals surface area contributed by atoms with Crippen molar-refractivity contribution in [3.05, 3.63) is 46.2 Å². The molecule has 0 aliphatic rings. The molecule has 0 aliphatic heterocycles. The molecule has 0 aliphatic carbocycles. The van der Waals surface area contributed by atoms with Gasteiger partial charge in [-0.3, -0.25) is 4.79 Å². The van der Waals surface area contributed by atoms with Gasteiger partial charge in [-0.25, -0.2) is 4.68 Å².